The molecule has 0 saturated heterocycles. The molecule has 2 aromatic rings. The summed E-state index contributed by atoms with van der Waals surface area (Å²) in [6.45, 7) is 6.39. The molecule has 0 spiro atoms. The molecule has 25 heavy (non-hydrogen) atoms. The second-order valence-corrected chi connectivity index (χ2v) is 6.57. The average Bonchev–Trinajstić information content (AvgIpc) is 2.87. The Labute approximate surface area is 147 Å². The Kier molecular flexibility index (Phi) is 4.45. The van der Waals surface area contributed by atoms with Crippen molar-refractivity contribution in [2.45, 2.75) is 39.3 Å². The fourth-order valence-corrected chi connectivity index (χ4v) is 3.56. The predicted molar refractivity (Wildman–Crippen MR) is 94.3 cm³/mol. The molecule has 1 atom stereocenters. The number of ether oxygens (including phenoxy) is 1. The molecular weight excluding hydrogens is 314 g/mol. The van der Waals surface area contributed by atoms with Crippen molar-refractivity contribution < 1.29 is 9.53 Å². The lowest BCUT2D eigenvalue weighted by molar-refractivity contribution is 0.0743. The number of benzene rings is 1. The molecule has 0 saturated carbocycles. The van der Waals surface area contributed by atoms with Gasteiger partial charge in [0.15, 0.2) is 0 Å². The Morgan fingerprint density at radius 2 is 2.04 bits per heavy atom. The molecular formula is C20H21N3O2. The summed E-state index contributed by atoms with van der Waals surface area (Å²) >= 11 is 0. The molecule has 5 nitrogen and oxygen atoms in total. The third-order valence-corrected chi connectivity index (χ3v) is 4.65. The topological polar surface area (TPSA) is 66.2 Å². The van der Waals surface area contributed by atoms with Crippen LogP contribution in [0.15, 0.2) is 30.6 Å². The fourth-order valence-electron chi connectivity index (χ4n) is 3.56. The van der Waals surface area contributed by atoms with E-state index in [2.05, 4.69) is 24.9 Å². The van der Waals surface area contributed by atoms with Gasteiger partial charge in [0.1, 0.15) is 11.8 Å². The van der Waals surface area contributed by atoms with E-state index < -0.39 is 6.04 Å². The number of hydrogen-bond donors (Lipinski definition) is 0. The zero-order valence-electron chi connectivity index (χ0n) is 14.9. The number of aryl methyl sites for hydroxylation is 1. The Bertz CT molecular complexity index is 853. The highest BCUT2D eigenvalue weighted by Crippen LogP contribution is 2.44. The van der Waals surface area contributed by atoms with Crippen molar-refractivity contribution >= 4 is 5.91 Å². The number of amides is 1. The minimum Gasteiger partial charge on any atom is -0.496 e. The monoisotopic (exact) mass is 335 g/mol. The summed E-state index contributed by atoms with van der Waals surface area (Å²) in [4.78, 5) is 18.7. The van der Waals surface area contributed by atoms with Crippen LogP contribution in [0.25, 0.3) is 0 Å². The van der Waals surface area contributed by atoms with Crippen LogP contribution >= 0.6 is 0 Å². The normalized spacial score (nSPS) is 16.1. The Morgan fingerprint density at radius 3 is 2.60 bits per heavy atom. The van der Waals surface area contributed by atoms with E-state index in [1.807, 2.05) is 25.1 Å². The molecule has 3 rings (SSSR count). The van der Waals surface area contributed by atoms with Crippen LogP contribution in [0.3, 0.4) is 0 Å². The Hall–Kier alpha value is -2.87. The highest BCUT2D eigenvalue weighted by atomic mass is 16.5. The molecule has 1 aromatic heterocycles. The van der Waals surface area contributed by atoms with Crippen LogP contribution in [0, 0.1) is 18.3 Å². The largest absolute Gasteiger partial charge is 0.496 e. The molecule has 2 heterocycles. The smallest absolute Gasteiger partial charge is 0.256 e. The number of pyridine rings is 1. The first kappa shape index (κ1) is 17.0. The van der Waals surface area contributed by atoms with E-state index in [4.69, 9.17) is 4.74 Å². The first-order chi connectivity index (χ1) is 12.0. The number of fused-ring (bicyclic) bond motifs is 1. The molecule has 0 bridgehead atoms. The van der Waals surface area contributed by atoms with Gasteiger partial charge < -0.3 is 9.64 Å². The van der Waals surface area contributed by atoms with Crippen molar-refractivity contribution in [1.82, 2.24) is 9.88 Å². The van der Waals surface area contributed by atoms with E-state index in [1.54, 1.807) is 24.4 Å². The first-order valence-corrected chi connectivity index (χ1v) is 8.30. The number of rotatable bonds is 4. The second-order valence-electron chi connectivity index (χ2n) is 6.57. The van der Waals surface area contributed by atoms with Crippen molar-refractivity contribution in [3.63, 3.8) is 0 Å². The molecule has 0 fully saturated rings. The number of carbonyl (C=O) groups is 1. The lowest BCUT2D eigenvalue weighted by atomic mass is 9.88. The quantitative estimate of drug-likeness (QED) is 0.853. The van der Waals surface area contributed by atoms with E-state index in [1.165, 1.54) is 0 Å². The molecule has 1 aromatic carbocycles. The maximum absolute atomic E-state index is 13.1. The number of methoxy groups -OCH3 is 1. The van der Waals surface area contributed by atoms with Gasteiger partial charge in [0.05, 0.1) is 13.2 Å². The van der Waals surface area contributed by atoms with Gasteiger partial charge in [-0.3, -0.25) is 9.78 Å². The van der Waals surface area contributed by atoms with Crippen molar-refractivity contribution in [2.24, 2.45) is 0 Å². The minimum absolute atomic E-state index is 0.0968. The highest BCUT2D eigenvalue weighted by molar-refractivity contribution is 6.02. The molecule has 0 radical (unpaired) electrons. The number of carbonyl (C=O) groups excluding carboxylic acids is 1. The third kappa shape index (κ3) is 2.74. The van der Waals surface area contributed by atoms with E-state index >= 15 is 0 Å². The number of nitrogens with zero attached hydrogens (tertiary/aromatic N) is 3. The van der Waals surface area contributed by atoms with Crippen LogP contribution in [0.2, 0.25) is 0 Å². The van der Waals surface area contributed by atoms with Crippen LogP contribution < -0.4 is 4.74 Å². The lowest BCUT2D eigenvalue weighted by Crippen LogP contribution is -2.27. The van der Waals surface area contributed by atoms with Gasteiger partial charge in [-0.15, -0.1) is 0 Å². The van der Waals surface area contributed by atoms with Crippen LogP contribution in [0.5, 0.6) is 5.75 Å². The van der Waals surface area contributed by atoms with Gasteiger partial charge in [-0.1, -0.05) is 13.8 Å². The van der Waals surface area contributed by atoms with Gasteiger partial charge in [-0.2, -0.15) is 5.26 Å². The fraction of sp³-hybridized carbons (Fsp3) is 0.350. The maximum atomic E-state index is 13.1. The summed E-state index contributed by atoms with van der Waals surface area (Å²) in [5, 5.41) is 9.84. The van der Waals surface area contributed by atoms with E-state index in [9.17, 15) is 10.1 Å². The molecule has 1 aliphatic heterocycles. The summed E-state index contributed by atoms with van der Waals surface area (Å²) in [6, 6.07) is 7.34. The molecule has 5 heteroatoms. The van der Waals surface area contributed by atoms with Gasteiger partial charge in [0.2, 0.25) is 0 Å². The number of hydrogen-bond acceptors (Lipinski definition) is 4. The van der Waals surface area contributed by atoms with Crippen LogP contribution in [-0.4, -0.2) is 22.9 Å². The zero-order chi connectivity index (χ0) is 18.1. The SMILES string of the molecule is COc1cc(C)c2c(c1C(C)C)C(C#N)N(Cc1ccncc1)C2=O. The Balaban J connectivity index is 2.16. The number of nitriles is 1. The lowest BCUT2D eigenvalue weighted by Gasteiger charge is -2.22. The molecule has 1 unspecified atom stereocenters. The van der Waals surface area contributed by atoms with Crippen LogP contribution in [-0.2, 0) is 6.54 Å². The highest BCUT2D eigenvalue weighted by Gasteiger charge is 2.41. The van der Waals surface area contributed by atoms with Crippen LogP contribution in [0.1, 0.15) is 58.4 Å². The number of aromatic nitrogens is 1. The summed E-state index contributed by atoms with van der Waals surface area (Å²) in [5.41, 5.74) is 4.18. The standard InChI is InChI=1S/C20H21N3O2/c1-12(2)17-16(25-4)9-13(3)18-19(17)15(10-21)23(20(18)24)11-14-5-7-22-8-6-14/h5-9,12,15H,11H2,1-4H3. The molecule has 0 N–H and O–H groups in total. The van der Waals surface area contributed by atoms with Crippen LogP contribution in [0.4, 0.5) is 0 Å². The minimum atomic E-state index is -0.609. The van der Waals surface area contributed by atoms with Gasteiger partial charge in [0, 0.05) is 35.6 Å². The summed E-state index contributed by atoms with van der Waals surface area (Å²) in [7, 11) is 1.62. The van der Waals surface area contributed by atoms with Crippen molar-refractivity contribution in [3.8, 4) is 11.8 Å². The van der Waals surface area contributed by atoms with Crippen molar-refractivity contribution in [1.29, 1.82) is 5.26 Å². The van der Waals surface area contributed by atoms with Crippen molar-refractivity contribution in [3.05, 3.63) is 58.4 Å². The van der Waals surface area contributed by atoms with E-state index in [-0.39, 0.29) is 11.8 Å². The summed E-state index contributed by atoms with van der Waals surface area (Å²) in [6.07, 6.45) is 3.39. The molecule has 1 aliphatic rings. The van der Waals surface area contributed by atoms with Crippen molar-refractivity contribution in [2.75, 3.05) is 7.11 Å². The van der Waals surface area contributed by atoms with Gasteiger partial charge >= 0.3 is 0 Å². The predicted octanol–water partition coefficient (Wildman–Crippen LogP) is 3.74. The average molecular weight is 335 g/mol. The van der Waals surface area contributed by atoms with E-state index in [0.29, 0.717) is 12.1 Å². The van der Waals surface area contributed by atoms with Gasteiger partial charge in [0.25, 0.3) is 5.91 Å². The summed E-state index contributed by atoms with van der Waals surface area (Å²) < 4.78 is 5.55. The third-order valence-electron chi connectivity index (χ3n) is 4.65. The molecule has 1 amide bonds. The van der Waals surface area contributed by atoms with E-state index in [0.717, 1.165) is 28.0 Å². The molecule has 0 aliphatic carbocycles. The Morgan fingerprint density at radius 1 is 1.36 bits per heavy atom. The van der Waals surface area contributed by atoms with Gasteiger partial charge in [-0.25, -0.2) is 0 Å². The maximum Gasteiger partial charge on any atom is 0.256 e. The first-order valence-electron chi connectivity index (χ1n) is 8.30. The molecule has 128 valence electrons. The zero-order valence-corrected chi connectivity index (χ0v) is 14.9. The van der Waals surface area contributed by atoms with Gasteiger partial charge in [-0.05, 0) is 42.2 Å². The second kappa shape index (κ2) is 6.56. The summed E-state index contributed by atoms with van der Waals surface area (Å²) in [5.74, 6) is 0.791.